The van der Waals surface area contributed by atoms with E-state index in [0.29, 0.717) is 5.82 Å². The zero-order valence-electron chi connectivity index (χ0n) is 12.6. The zero-order valence-corrected chi connectivity index (χ0v) is 12.6. The number of anilines is 1. The largest absolute Gasteiger partial charge is 0.497 e. The van der Waals surface area contributed by atoms with Crippen molar-refractivity contribution in [3.8, 4) is 17.1 Å². The lowest BCUT2D eigenvalue weighted by atomic mass is 10.1. The fourth-order valence-corrected chi connectivity index (χ4v) is 2.23. The van der Waals surface area contributed by atoms with E-state index in [0.717, 1.165) is 29.4 Å². The number of benzene rings is 2. The average Bonchev–Trinajstić information content (AvgIpc) is 3.00. The molecule has 5 heteroatoms. The van der Waals surface area contributed by atoms with E-state index in [9.17, 15) is 0 Å². The van der Waals surface area contributed by atoms with Gasteiger partial charge in [-0.25, -0.2) is 4.98 Å². The second kappa shape index (κ2) is 6.30. The van der Waals surface area contributed by atoms with Crippen LogP contribution in [0.25, 0.3) is 11.4 Å². The van der Waals surface area contributed by atoms with Crippen molar-refractivity contribution in [1.29, 1.82) is 0 Å². The molecule has 0 fully saturated rings. The smallest absolute Gasteiger partial charge is 0.181 e. The van der Waals surface area contributed by atoms with Crippen LogP contribution in [0, 0.1) is 6.92 Å². The average molecular weight is 294 g/mol. The van der Waals surface area contributed by atoms with E-state index in [1.54, 1.807) is 7.11 Å². The number of rotatable bonds is 5. The molecule has 1 heterocycles. The summed E-state index contributed by atoms with van der Waals surface area (Å²) in [6, 6.07) is 16.1. The van der Waals surface area contributed by atoms with E-state index in [1.807, 2.05) is 49.4 Å². The van der Waals surface area contributed by atoms with Crippen LogP contribution < -0.4 is 10.1 Å². The minimum atomic E-state index is 0.711. The highest BCUT2D eigenvalue weighted by molar-refractivity contribution is 5.62. The summed E-state index contributed by atoms with van der Waals surface area (Å²) in [5.74, 6) is 2.39. The Kier molecular flexibility index (Phi) is 4.05. The number of nitrogens with zero attached hydrogens (tertiary/aromatic N) is 2. The second-order valence-corrected chi connectivity index (χ2v) is 5.03. The maximum atomic E-state index is 5.24. The van der Waals surface area contributed by atoms with Gasteiger partial charge in [0.1, 0.15) is 11.6 Å². The number of aromatic amines is 1. The van der Waals surface area contributed by atoms with Gasteiger partial charge in [-0.3, -0.25) is 5.10 Å². The lowest BCUT2D eigenvalue weighted by Gasteiger charge is -2.08. The molecule has 0 saturated carbocycles. The van der Waals surface area contributed by atoms with Crippen LogP contribution in [0.5, 0.6) is 5.75 Å². The van der Waals surface area contributed by atoms with Gasteiger partial charge in [0.15, 0.2) is 5.82 Å². The van der Waals surface area contributed by atoms with Crippen LogP contribution in [-0.4, -0.2) is 22.3 Å². The Balaban J connectivity index is 1.73. The third kappa shape index (κ3) is 3.25. The number of aryl methyl sites for hydroxylation is 1. The molecular weight excluding hydrogens is 276 g/mol. The van der Waals surface area contributed by atoms with Crippen molar-refractivity contribution in [2.45, 2.75) is 13.5 Å². The monoisotopic (exact) mass is 294 g/mol. The van der Waals surface area contributed by atoms with E-state index in [-0.39, 0.29) is 0 Å². The van der Waals surface area contributed by atoms with Crippen molar-refractivity contribution in [3.05, 3.63) is 59.9 Å². The van der Waals surface area contributed by atoms with Gasteiger partial charge < -0.3 is 10.1 Å². The molecule has 112 valence electrons. The molecule has 2 N–H and O–H groups in total. The fraction of sp³-hybridized carbons (Fsp3) is 0.176. The van der Waals surface area contributed by atoms with E-state index in [1.165, 1.54) is 5.56 Å². The van der Waals surface area contributed by atoms with E-state index >= 15 is 0 Å². The van der Waals surface area contributed by atoms with E-state index in [4.69, 9.17) is 4.74 Å². The second-order valence-electron chi connectivity index (χ2n) is 5.03. The number of aromatic nitrogens is 3. The number of nitrogens with one attached hydrogen (secondary N) is 2. The molecule has 3 rings (SSSR count). The Labute approximate surface area is 129 Å². The molecule has 0 saturated heterocycles. The summed E-state index contributed by atoms with van der Waals surface area (Å²) >= 11 is 0. The third-order valence-electron chi connectivity index (χ3n) is 3.35. The lowest BCUT2D eigenvalue weighted by Crippen LogP contribution is -1.99. The summed E-state index contributed by atoms with van der Waals surface area (Å²) in [5.41, 5.74) is 3.18. The Hall–Kier alpha value is -2.82. The summed E-state index contributed by atoms with van der Waals surface area (Å²) in [6.07, 6.45) is 0. The number of H-pyrrole nitrogens is 1. The highest BCUT2D eigenvalue weighted by Crippen LogP contribution is 2.20. The summed E-state index contributed by atoms with van der Waals surface area (Å²) in [4.78, 5) is 4.35. The third-order valence-corrected chi connectivity index (χ3v) is 3.35. The molecule has 0 amide bonds. The first kappa shape index (κ1) is 14.1. The Morgan fingerprint density at radius 2 is 2.00 bits per heavy atom. The molecule has 2 aromatic carbocycles. The Bertz CT molecular complexity index is 767. The van der Waals surface area contributed by atoms with Crippen molar-refractivity contribution < 1.29 is 4.74 Å². The molecule has 22 heavy (non-hydrogen) atoms. The van der Waals surface area contributed by atoms with Gasteiger partial charge in [0, 0.05) is 17.8 Å². The SMILES string of the molecule is COc1cccc(CNc2cccc(-c3n[nH]c(C)n3)c2)c1. The first-order valence-corrected chi connectivity index (χ1v) is 7.11. The predicted octanol–water partition coefficient (Wildman–Crippen LogP) is 3.40. The van der Waals surface area contributed by atoms with Crippen LogP contribution in [0.1, 0.15) is 11.4 Å². The first-order chi connectivity index (χ1) is 10.7. The van der Waals surface area contributed by atoms with Crippen LogP contribution >= 0.6 is 0 Å². The molecule has 0 aliphatic carbocycles. The van der Waals surface area contributed by atoms with Crippen LogP contribution in [0.2, 0.25) is 0 Å². The van der Waals surface area contributed by atoms with Crippen LogP contribution in [0.3, 0.4) is 0 Å². The van der Waals surface area contributed by atoms with Gasteiger partial charge in [-0.15, -0.1) is 0 Å². The van der Waals surface area contributed by atoms with E-state index in [2.05, 4.69) is 26.6 Å². The summed E-state index contributed by atoms with van der Waals surface area (Å²) < 4.78 is 5.24. The van der Waals surface area contributed by atoms with Gasteiger partial charge in [0.05, 0.1) is 7.11 Å². The highest BCUT2D eigenvalue weighted by Gasteiger charge is 2.04. The first-order valence-electron chi connectivity index (χ1n) is 7.11. The molecule has 0 aliphatic rings. The highest BCUT2D eigenvalue weighted by atomic mass is 16.5. The van der Waals surface area contributed by atoms with E-state index < -0.39 is 0 Å². The minimum absolute atomic E-state index is 0.711. The number of hydrogen-bond acceptors (Lipinski definition) is 4. The number of methoxy groups -OCH3 is 1. The fourth-order valence-electron chi connectivity index (χ4n) is 2.23. The van der Waals surface area contributed by atoms with Crippen molar-refractivity contribution in [2.75, 3.05) is 12.4 Å². The van der Waals surface area contributed by atoms with Crippen molar-refractivity contribution in [1.82, 2.24) is 15.2 Å². The van der Waals surface area contributed by atoms with Gasteiger partial charge in [0.25, 0.3) is 0 Å². The van der Waals surface area contributed by atoms with Crippen LogP contribution in [0.4, 0.5) is 5.69 Å². The molecule has 1 aromatic heterocycles. The maximum absolute atomic E-state index is 5.24. The quantitative estimate of drug-likeness (QED) is 0.757. The van der Waals surface area contributed by atoms with Crippen molar-refractivity contribution in [3.63, 3.8) is 0 Å². The summed E-state index contributed by atoms with van der Waals surface area (Å²) in [6.45, 7) is 2.62. The zero-order chi connectivity index (χ0) is 15.4. The topological polar surface area (TPSA) is 62.8 Å². The molecule has 0 radical (unpaired) electrons. The van der Waals surface area contributed by atoms with Gasteiger partial charge >= 0.3 is 0 Å². The standard InChI is InChI=1S/C17H18N4O/c1-12-19-17(21-20-12)14-6-4-7-15(10-14)18-11-13-5-3-8-16(9-13)22-2/h3-10,18H,11H2,1-2H3,(H,19,20,21). The molecule has 5 nitrogen and oxygen atoms in total. The summed E-state index contributed by atoms with van der Waals surface area (Å²) in [7, 11) is 1.68. The molecule has 0 atom stereocenters. The van der Waals surface area contributed by atoms with Gasteiger partial charge in [-0.2, -0.15) is 5.10 Å². The molecule has 0 bridgehead atoms. The predicted molar refractivity (Wildman–Crippen MR) is 86.9 cm³/mol. The van der Waals surface area contributed by atoms with Crippen LogP contribution in [0.15, 0.2) is 48.5 Å². The van der Waals surface area contributed by atoms with Gasteiger partial charge in [0.2, 0.25) is 0 Å². The Morgan fingerprint density at radius 1 is 1.14 bits per heavy atom. The van der Waals surface area contributed by atoms with Gasteiger partial charge in [-0.05, 0) is 36.8 Å². The lowest BCUT2D eigenvalue weighted by molar-refractivity contribution is 0.414. The Morgan fingerprint density at radius 3 is 2.77 bits per heavy atom. The summed E-state index contributed by atoms with van der Waals surface area (Å²) in [5, 5.41) is 10.5. The number of ether oxygens (including phenoxy) is 1. The molecule has 0 aliphatic heterocycles. The van der Waals surface area contributed by atoms with Gasteiger partial charge in [-0.1, -0.05) is 24.3 Å². The molecular formula is C17H18N4O. The van der Waals surface area contributed by atoms with Crippen LogP contribution in [-0.2, 0) is 6.54 Å². The number of hydrogen-bond donors (Lipinski definition) is 2. The molecule has 3 aromatic rings. The molecule has 0 unspecified atom stereocenters. The maximum Gasteiger partial charge on any atom is 0.181 e. The van der Waals surface area contributed by atoms with Crippen molar-refractivity contribution >= 4 is 5.69 Å². The minimum Gasteiger partial charge on any atom is -0.497 e. The molecule has 0 spiro atoms. The normalized spacial score (nSPS) is 10.5. The van der Waals surface area contributed by atoms with Crippen molar-refractivity contribution in [2.24, 2.45) is 0 Å².